The molecule has 1 unspecified atom stereocenters. The molecular formula is C13H21N3. The van der Waals surface area contributed by atoms with Gasteiger partial charge in [-0.05, 0) is 57.2 Å². The number of nitrogens with zero attached hydrogens (tertiary/aromatic N) is 1. The molecule has 3 heteroatoms. The Bertz CT molecular complexity index is 349. The van der Waals surface area contributed by atoms with Crippen LogP contribution in [0.4, 0.5) is 5.82 Å². The number of aryl methyl sites for hydroxylation is 2. The van der Waals surface area contributed by atoms with Crippen molar-refractivity contribution >= 4 is 5.82 Å². The summed E-state index contributed by atoms with van der Waals surface area (Å²) in [6, 6.07) is 4.77. The van der Waals surface area contributed by atoms with Crippen molar-refractivity contribution in [1.29, 1.82) is 0 Å². The van der Waals surface area contributed by atoms with E-state index in [0.29, 0.717) is 6.04 Å². The maximum atomic E-state index is 5.50. The molecule has 0 saturated carbocycles. The molecule has 0 radical (unpaired) electrons. The Hall–Kier alpha value is -1.09. The molecule has 0 spiro atoms. The first-order chi connectivity index (χ1) is 7.79. The molecule has 3 nitrogen and oxygen atoms in total. The Morgan fingerprint density at radius 3 is 3.12 bits per heavy atom. The van der Waals surface area contributed by atoms with Crippen LogP contribution in [0.5, 0.6) is 0 Å². The minimum atomic E-state index is 0.454. The van der Waals surface area contributed by atoms with Gasteiger partial charge < -0.3 is 11.1 Å². The molecule has 2 rings (SSSR count). The summed E-state index contributed by atoms with van der Waals surface area (Å²) in [6.45, 7) is 2.95. The number of nitrogens with two attached hydrogens (primary N) is 1. The van der Waals surface area contributed by atoms with Crippen LogP contribution in [0, 0.1) is 0 Å². The molecule has 1 atom stereocenters. The van der Waals surface area contributed by atoms with Gasteiger partial charge in [0.1, 0.15) is 5.82 Å². The van der Waals surface area contributed by atoms with Crippen molar-refractivity contribution < 1.29 is 0 Å². The van der Waals surface area contributed by atoms with E-state index in [2.05, 4.69) is 29.4 Å². The molecule has 1 aromatic heterocycles. The minimum absolute atomic E-state index is 0.454. The normalized spacial score (nSPS) is 15.9. The summed E-state index contributed by atoms with van der Waals surface area (Å²) in [6.07, 6.45) is 5.77. The molecule has 1 aliphatic carbocycles. The summed E-state index contributed by atoms with van der Waals surface area (Å²) < 4.78 is 0. The van der Waals surface area contributed by atoms with Gasteiger partial charge in [-0.15, -0.1) is 0 Å². The van der Waals surface area contributed by atoms with Gasteiger partial charge in [0.15, 0.2) is 0 Å². The zero-order valence-corrected chi connectivity index (χ0v) is 10.00. The Labute approximate surface area is 97.5 Å². The number of aromatic nitrogens is 1. The Morgan fingerprint density at radius 1 is 1.44 bits per heavy atom. The van der Waals surface area contributed by atoms with E-state index in [-0.39, 0.29) is 0 Å². The molecule has 88 valence electrons. The van der Waals surface area contributed by atoms with Crippen molar-refractivity contribution in [3.63, 3.8) is 0 Å². The molecule has 0 bridgehead atoms. The number of pyridine rings is 1. The SMILES string of the molecule is CC(CCCN)Nc1ccc2c(n1)CCC2. The third-order valence-electron chi connectivity index (χ3n) is 3.16. The van der Waals surface area contributed by atoms with Gasteiger partial charge in [0.25, 0.3) is 0 Å². The van der Waals surface area contributed by atoms with Crippen LogP contribution < -0.4 is 11.1 Å². The number of hydrogen-bond donors (Lipinski definition) is 2. The molecular weight excluding hydrogens is 198 g/mol. The number of hydrogen-bond acceptors (Lipinski definition) is 3. The van der Waals surface area contributed by atoms with Crippen LogP contribution in [0.15, 0.2) is 12.1 Å². The highest BCUT2D eigenvalue weighted by Crippen LogP contribution is 2.21. The lowest BCUT2D eigenvalue weighted by Crippen LogP contribution is -2.17. The van der Waals surface area contributed by atoms with Crippen LogP contribution in [-0.4, -0.2) is 17.6 Å². The molecule has 3 N–H and O–H groups in total. The summed E-state index contributed by atoms with van der Waals surface area (Å²) in [7, 11) is 0. The number of nitrogens with one attached hydrogen (secondary N) is 1. The van der Waals surface area contributed by atoms with Gasteiger partial charge in [-0.1, -0.05) is 6.07 Å². The highest BCUT2D eigenvalue weighted by molar-refractivity contribution is 5.41. The lowest BCUT2D eigenvalue weighted by atomic mass is 10.2. The van der Waals surface area contributed by atoms with Crippen LogP contribution in [0.2, 0.25) is 0 Å². The summed E-state index contributed by atoms with van der Waals surface area (Å²) in [5, 5.41) is 3.44. The second kappa shape index (κ2) is 5.30. The van der Waals surface area contributed by atoms with Crippen molar-refractivity contribution in [2.45, 2.75) is 45.1 Å². The fourth-order valence-corrected chi connectivity index (χ4v) is 2.25. The van der Waals surface area contributed by atoms with Crippen LogP contribution in [0.25, 0.3) is 0 Å². The minimum Gasteiger partial charge on any atom is -0.368 e. The monoisotopic (exact) mass is 219 g/mol. The van der Waals surface area contributed by atoms with Gasteiger partial charge in [-0.25, -0.2) is 4.98 Å². The average Bonchev–Trinajstić information content (AvgIpc) is 2.73. The predicted molar refractivity (Wildman–Crippen MR) is 67.6 cm³/mol. The fourth-order valence-electron chi connectivity index (χ4n) is 2.25. The summed E-state index contributed by atoms with van der Waals surface area (Å²) in [4.78, 5) is 4.66. The molecule has 0 amide bonds. The van der Waals surface area contributed by atoms with Crippen molar-refractivity contribution in [3.05, 3.63) is 23.4 Å². The van der Waals surface area contributed by atoms with E-state index in [4.69, 9.17) is 5.73 Å². The fraction of sp³-hybridized carbons (Fsp3) is 0.615. The van der Waals surface area contributed by atoms with Crippen molar-refractivity contribution in [2.24, 2.45) is 5.73 Å². The summed E-state index contributed by atoms with van der Waals surface area (Å²) >= 11 is 0. The topological polar surface area (TPSA) is 50.9 Å². The smallest absolute Gasteiger partial charge is 0.126 e. The Morgan fingerprint density at radius 2 is 2.31 bits per heavy atom. The van der Waals surface area contributed by atoms with Gasteiger partial charge in [0, 0.05) is 11.7 Å². The molecule has 1 heterocycles. The molecule has 0 aromatic carbocycles. The van der Waals surface area contributed by atoms with E-state index in [0.717, 1.165) is 31.6 Å². The van der Waals surface area contributed by atoms with Gasteiger partial charge in [0.2, 0.25) is 0 Å². The highest BCUT2D eigenvalue weighted by Gasteiger charge is 2.12. The first-order valence-electron chi connectivity index (χ1n) is 6.25. The molecule has 16 heavy (non-hydrogen) atoms. The van der Waals surface area contributed by atoms with Crippen LogP contribution in [0.1, 0.15) is 37.4 Å². The second-order valence-corrected chi connectivity index (χ2v) is 4.63. The zero-order valence-electron chi connectivity index (χ0n) is 10.00. The standard InChI is InChI=1S/C13H21N3/c1-10(4-3-9-14)15-13-8-7-11-5-2-6-12(11)16-13/h7-8,10H,2-6,9,14H2,1H3,(H,15,16). The first kappa shape index (κ1) is 11.4. The average molecular weight is 219 g/mol. The third kappa shape index (κ3) is 2.73. The van der Waals surface area contributed by atoms with E-state index in [9.17, 15) is 0 Å². The number of fused-ring (bicyclic) bond motifs is 1. The maximum absolute atomic E-state index is 5.50. The number of anilines is 1. The molecule has 0 saturated heterocycles. The third-order valence-corrected chi connectivity index (χ3v) is 3.16. The van der Waals surface area contributed by atoms with E-state index < -0.39 is 0 Å². The highest BCUT2D eigenvalue weighted by atomic mass is 15.0. The van der Waals surface area contributed by atoms with Crippen LogP contribution in [0.3, 0.4) is 0 Å². The van der Waals surface area contributed by atoms with E-state index in [1.165, 1.54) is 24.1 Å². The van der Waals surface area contributed by atoms with Crippen molar-refractivity contribution in [1.82, 2.24) is 4.98 Å². The second-order valence-electron chi connectivity index (χ2n) is 4.63. The zero-order chi connectivity index (χ0) is 11.4. The molecule has 0 fully saturated rings. The lowest BCUT2D eigenvalue weighted by Gasteiger charge is -2.14. The Kier molecular flexibility index (Phi) is 3.78. The maximum Gasteiger partial charge on any atom is 0.126 e. The van der Waals surface area contributed by atoms with Crippen LogP contribution in [-0.2, 0) is 12.8 Å². The summed E-state index contributed by atoms with van der Waals surface area (Å²) in [5.41, 5.74) is 8.22. The van der Waals surface area contributed by atoms with Gasteiger partial charge >= 0.3 is 0 Å². The first-order valence-corrected chi connectivity index (χ1v) is 6.25. The predicted octanol–water partition coefficient (Wildman–Crippen LogP) is 2.11. The molecule has 1 aliphatic rings. The molecule has 1 aromatic rings. The summed E-state index contributed by atoms with van der Waals surface area (Å²) in [5.74, 6) is 1.02. The largest absolute Gasteiger partial charge is 0.368 e. The molecule has 0 aliphatic heterocycles. The quantitative estimate of drug-likeness (QED) is 0.797. The van der Waals surface area contributed by atoms with Gasteiger partial charge in [-0.2, -0.15) is 0 Å². The Balaban J connectivity index is 1.94. The lowest BCUT2D eigenvalue weighted by molar-refractivity contribution is 0.660. The van der Waals surface area contributed by atoms with Crippen molar-refractivity contribution in [2.75, 3.05) is 11.9 Å². The van der Waals surface area contributed by atoms with Gasteiger partial charge in [0.05, 0.1) is 0 Å². The van der Waals surface area contributed by atoms with E-state index in [1.54, 1.807) is 0 Å². The van der Waals surface area contributed by atoms with E-state index >= 15 is 0 Å². The van der Waals surface area contributed by atoms with Crippen LogP contribution >= 0.6 is 0 Å². The van der Waals surface area contributed by atoms with Gasteiger partial charge in [-0.3, -0.25) is 0 Å². The van der Waals surface area contributed by atoms with Crippen molar-refractivity contribution in [3.8, 4) is 0 Å². The number of rotatable bonds is 5. The van der Waals surface area contributed by atoms with E-state index in [1.807, 2.05) is 0 Å².